The van der Waals surface area contributed by atoms with Crippen LogP contribution in [0.1, 0.15) is 33.5 Å². The van der Waals surface area contributed by atoms with Crippen LogP contribution in [-0.4, -0.2) is 66.2 Å². The second-order valence-corrected chi connectivity index (χ2v) is 13.7. The van der Waals surface area contributed by atoms with Gasteiger partial charge in [-0.3, -0.25) is 9.59 Å². The molecule has 0 aliphatic carbocycles. The highest BCUT2D eigenvalue weighted by Gasteiger charge is 2.29. The molecule has 0 radical (unpaired) electrons. The van der Waals surface area contributed by atoms with Gasteiger partial charge in [0.15, 0.2) is 0 Å². The van der Waals surface area contributed by atoms with E-state index in [4.69, 9.17) is 0 Å². The Morgan fingerprint density at radius 3 is 2.53 bits per heavy atom. The van der Waals surface area contributed by atoms with Crippen molar-refractivity contribution in [2.24, 2.45) is 7.05 Å². The van der Waals surface area contributed by atoms with Gasteiger partial charge in [-0.2, -0.15) is 4.31 Å². The van der Waals surface area contributed by atoms with Crippen molar-refractivity contribution >= 4 is 38.8 Å². The summed E-state index contributed by atoms with van der Waals surface area (Å²) >= 11 is 0. The summed E-state index contributed by atoms with van der Waals surface area (Å²) in [5, 5.41) is 13.7. The highest BCUT2D eigenvalue weighted by molar-refractivity contribution is 7.89. The molecular weight excluding hydrogens is 592 g/mol. The fourth-order valence-electron chi connectivity index (χ4n) is 6.00. The van der Waals surface area contributed by atoms with Gasteiger partial charge < -0.3 is 24.8 Å². The van der Waals surface area contributed by atoms with Crippen LogP contribution in [-0.2, 0) is 36.6 Å². The lowest BCUT2D eigenvalue weighted by Gasteiger charge is -2.31. The van der Waals surface area contributed by atoms with Gasteiger partial charge in [0, 0.05) is 75.5 Å². The van der Waals surface area contributed by atoms with E-state index in [2.05, 4.69) is 10.3 Å². The number of aromatic nitrogens is 2. The van der Waals surface area contributed by atoms with Crippen LogP contribution in [0.15, 0.2) is 71.8 Å². The van der Waals surface area contributed by atoms with Crippen LogP contribution in [0.2, 0.25) is 0 Å². The number of benzene rings is 2. The van der Waals surface area contributed by atoms with E-state index in [9.17, 15) is 23.1 Å². The average Bonchev–Trinajstić information content (AvgIpc) is 3.36. The predicted molar refractivity (Wildman–Crippen MR) is 176 cm³/mol. The Morgan fingerprint density at radius 2 is 1.84 bits per heavy atom. The van der Waals surface area contributed by atoms with Crippen LogP contribution >= 0.6 is 0 Å². The number of nitrogens with zero attached hydrogens (tertiary/aromatic N) is 5. The van der Waals surface area contributed by atoms with E-state index < -0.39 is 10.0 Å². The van der Waals surface area contributed by atoms with E-state index in [1.807, 2.05) is 55.4 Å². The van der Waals surface area contributed by atoms with Gasteiger partial charge in [0.05, 0.1) is 18.0 Å². The Hall–Kier alpha value is -4.52. The van der Waals surface area contributed by atoms with Crippen LogP contribution < -0.4 is 20.7 Å². The van der Waals surface area contributed by atoms with E-state index in [1.165, 1.54) is 8.87 Å². The number of rotatable bonds is 8. The molecule has 11 nitrogen and oxygen atoms in total. The number of aliphatic hydroxyl groups is 1. The number of amides is 1. The maximum atomic E-state index is 13.7. The molecule has 0 unspecified atom stereocenters. The zero-order valence-corrected chi connectivity index (χ0v) is 26.3. The zero-order chi connectivity index (χ0) is 31.9. The number of carbonyl (C=O) groups is 1. The topological polar surface area (TPSA) is 128 Å². The smallest absolute Gasteiger partial charge is 0.274 e. The van der Waals surface area contributed by atoms with Gasteiger partial charge in [0.25, 0.3) is 11.5 Å². The minimum atomic E-state index is -3.22. The molecule has 2 aliphatic rings. The van der Waals surface area contributed by atoms with Crippen molar-refractivity contribution in [1.82, 2.24) is 13.9 Å². The van der Waals surface area contributed by atoms with Gasteiger partial charge in [0.2, 0.25) is 10.0 Å². The van der Waals surface area contributed by atoms with Gasteiger partial charge in [0.1, 0.15) is 11.5 Å². The highest BCUT2D eigenvalue weighted by atomic mass is 32.2. The van der Waals surface area contributed by atoms with E-state index in [0.29, 0.717) is 59.7 Å². The summed E-state index contributed by atoms with van der Waals surface area (Å²) < 4.78 is 27.3. The van der Waals surface area contributed by atoms with Gasteiger partial charge in [-0.25, -0.2) is 13.4 Å². The molecule has 0 atom stereocenters. The molecule has 6 rings (SSSR count). The van der Waals surface area contributed by atoms with Gasteiger partial charge in [-0.15, -0.1) is 0 Å². The lowest BCUT2D eigenvalue weighted by molar-refractivity contribution is 0.0980. The molecule has 234 valence electrons. The molecule has 4 aromatic rings. The molecule has 2 N–H and O–H groups in total. The number of aliphatic hydroxyl groups excluding tert-OH is 1. The molecule has 45 heavy (non-hydrogen) atoms. The first-order valence-electron chi connectivity index (χ1n) is 14.8. The van der Waals surface area contributed by atoms with E-state index in [0.717, 1.165) is 16.8 Å². The quantitative estimate of drug-likeness (QED) is 0.304. The monoisotopic (exact) mass is 628 g/mol. The standard InChI is InChI=1S/C33H36N6O5S/c1-36(2)25-9-10-27-23(16-25)12-14-39(32(27)41)30-7-4-6-26(28(30)21-40)24-17-29(33(42)37(3)20-24)35-31-11-8-22(18-34-31)19-38-13-5-15-45(38,43)44/h4,6-11,16-18,20,40H,5,12-15,19,21H2,1-3H3,(H,34,35). The van der Waals surface area contributed by atoms with Crippen LogP contribution in [0, 0.1) is 0 Å². The number of hydrogen-bond donors (Lipinski definition) is 2. The summed E-state index contributed by atoms with van der Waals surface area (Å²) in [5.41, 5.74) is 6.05. The number of sulfonamides is 1. The second kappa shape index (κ2) is 12.1. The highest BCUT2D eigenvalue weighted by Crippen LogP contribution is 2.35. The summed E-state index contributed by atoms with van der Waals surface area (Å²) in [7, 11) is 2.37. The number of fused-ring (bicyclic) bond motifs is 1. The average molecular weight is 629 g/mol. The minimum absolute atomic E-state index is 0.118. The summed E-state index contributed by atoms with van der Waals surface area (Å²) in [6, 6.07) is 16.6. The molecule has 1 fully saturated rings. The molecule has 4 heterocycles. The Bertz CT molecular complexity index is 1940. The lowest BCUT2D eigenvalue weighted by Crippen LogP contribution is -2.38. The van der Waals surface area contributed by atoms with Crippen LogP contribution in [0.3, 0.4) is 0 Å². The molecule has 2 aromatic heterocycles. The van der Waals surface area contributed by atoms with Crippen molar-refractivity contribution < 1.29 is 18.3 Å². The van der Waals surface area contributed by atoms with Crippen LogP contribution in [0.5, 0.6) is 0 Å². The van der Waals surface area contributed by atoms with Gasteiger partial charge in [-0.05, 0) is 65.9 Å². The Kier molecular flexibility index (Phi) is 8.21. The van der Waals surface area contributed by atoms with Gasteiger partial charge in [-0.1, -0.05) is 18.2 Å². The molecule has 12 heteroatoms. The van der Waals surface area contributed by atoms with Crippen LogP contribution in [0.4, 0.5) is 22.9 Å². The number of nitrogens with one attached hydrogen (secondary N) is 1. The van der Waals surface area contributed by atoms with Crippen molar-refractivity contribution in [3.8, 4) is 11.1 Å². The third-order valence-corrected chi connectivity index (χ3v) is 10.3. The predicted octanol–water partition coefficient (Wildman–Crippen LogP) is 3.49. The molecule has 0 spiro atoms. The first-order chi connectivity index (χ1) is 21.6. The third kappa shape index (κ3) is 5.96. The van der Waals surface area contributed by atoms with Crippen molar-refractivity contribution in [2.75, 3.05) is 48.1 Å². The fourth-order valence-corrected chi connectivity index (χ4v) is 7.50. The molecule has 0 bridgehead atoms. The molecule has 0 saturated carbocycles. The Labute approximate surface area is 262 Å². The van der Waals surface area contributed by atoms with E-state index in [1.54, 1.807) is 42.5 Å². The van der Waals surface area contributed by atoms with Crippen molar-refractivity contribution in [1.29, 1.82) is 0 Å². The third-order valence-electron chi connectivity index (χ3n) is 8.43. The lowest BCUT2D eigenvalue weighted by atomic mass is 9.94. The SMILES string of the molecule is CN(C)c1ccc2c(c1)CCN(c1cccc(-c3cc(Nc4ccc(CN5CCCS5(=O)=O)cn4)c(=O)n(C)c3)c1CO)C2=O. The zero-order valence-electron chi connectivity index (χ0n) is 25.5. The molecule has 1 saturated heterocycles. The van der Waals surface area contributed by atoms with Crippen LogP contribution in [0.25, 0.3) is 11.1 Å². The van der Waals surface area contributed by atoms with Crippen molar-refractivity contribution in [2.45, 2.75) is 26.0 Å². The fraction of sp³-hybridized carbons (Fsp3) is 0.303. The van der Waals surface area contributed by atoms with Crippen molar-refractivity contribution in [3.05, 3.63) is 99.6 Å². The largest absolute Gasteiger partial charge is 0.392 e. The molecular formula is C33H36N6O5S. The normalized spacial score (nSPS) is 16.1. The summed E-state index contributed by atoms with van der Waals surface area (Å²) in [6.45, 7) is 0.933. The van der Waals surface area contributed by atoms with Gasteiger partial charge >= 0.3 is 0 Å². The maximum Gasteiger partial charge on any atom is 0.274 e. The number of aryl methyl sites for hydroxylation is 1. The molecule has 1 amide bonds. The molecule has 2 aromatic carbocycles. The maximum absolute atomic E-state index is 13.7. The Balaban J connectivity index is 1.28. The Morgan fingerprint density at radius 1 is 1.02 bits per heavy atom. The van der Waals surface area contributed by atoms with Crippen molar-refractivity contribution in [3.63, 3.8) is 0 Å². The number of carbonyl (C=O) groups excluding carboxylic acids is 1. The number of anilines is 4. The summed E-state index contributed by atoms with van der Waals surface area (Å²) in [6.07, 6.45) is 4.61. The second-order valence-electron chi connectivity index (χ2n) is 11.6. The van der Waals surface area contributed by atoms with E-state index >= 15 is 0 Å². The number of pyridine rings is 2. The summed E-state index contributed by atoms with van der Waals surface area (Å²) in [4.78, 5) is 34.9. The number of hydrogen-bond acceptors (Lipinski definition) is 8. The minimum Gasteiger partial charge on any atom is -0.392 e. The molecule has 2 aliphatic heterocycles. The first kappa shape index (κ1) is 30.5. The van der Waals surface area contributed by atoms with E-state index in [-0.39, 0.29) is 36.1 Å². The summed E-state index contributed by atoms with van der Waals surface area (Å²) in [5.74, 6) is 0.484. The first-order valence-corrected chi connectivity index (χ1v) is 16.4.